The van der Waals surface area contributed by atoms with Gasteiger partial charge in [0.1, 0.15) is 17.2 Å². The van der Waals surface area contributed by atoms with Crippen molar-refractivity contribution in [3.8, 4) is 5.75 Å². The molecule has 0 fully saturated rings. The minimum atomic E-state index is -0.595. The van der Waals surface area contributed by atoms with Crippen LogP contribution >= 0.6 is 0 Å². The van der Waals surface area contributed by atoms with Crippen LogP contribution in [-0.2, 0) is 4.74 Å². The maximum Gasteiger partial charge on any atom is 0.407 e. The van der Waals surface area contributed by atoms with Crippen LogP contribution < -0.4 is 15.8 Å². The van der Waals surface area contributed by atoms with E-state index in [4.69, 9.17) is 15.2 Å². The van der Waals surface area contributed by atoms with Crippen molar-refractivity contribution in [1.82, 2.24) is 5.32 Å². The van der Waals surface area contributed by atoms with Gasteiger partial charge in [-0.2, -0.15) is 0 Å². The van der Waals surface area contributed by atoms with Crippen molar-refractivity contribution >= 4 is 6.09 Å². The number of hydrogen-bond donors (Lipinski definition) is 2. The molecule has 1 rings (SSSR count). The molecule has 0 aliphatic rings. The second-order valence-corrected chi connectivity index (χ2v) is 5.83. The topological polar surface area (TPSA) is 73.6 Å². The molecule has 1 aromatic carbocycles. The highest BCUT2D eigenvalue weighted by Gasteiger charge is 2.19. The average molecular weight is 298 g/mol. The lowest BCUT2D eigenvalue weighted by Gasteiger charge is -2.21. The maximum atomic E-state index is 13.7. The van der Waals surface area contributed by atoms with Crippen molar-refractivity contribution in [3.05, 3.63) is 29.1 Å². The summed E-state index contributed by atoms with van der Waals surface area (Å²) < 4.78 is 24.0. The van der Waals surface area contributed by atoms with E-state index in [1.165, 1.54) is 13.2 Å². The molecule has 0 saturated carbocycles. The second-order valence-electron chi connectivity index (χ2n) is 5.83. The van der Waals surface area contributed by atoms with Crippen LogP contribution in [-0.4, -0.2) is 25.3 Å². The van der Waals surface area contributed by atoms with E-state index in [1.54, 1.807) is 33.8 Å². The lowest BCUT2D eigenvalue weighted by atomic mass is 10.0. The lowest BCUT2D eigenvalue weighted by Crippen LogP contribution is -2.36. The van der Waals surface area contributed by atoms with Crippen molar-refractivity contribution in [1.29, 1.82) is 0 Å². The Labute approximate surface area is 124 Å². The van der Waals surface area contributed by atoms with E-state index in [1.807, 2.05) is 0 Å². The van der Waals surface area contributed by atoms with E-state index in [0.29, 0.717) is 16.9 Å². The number of hydrogen-bond acceptors (Lipinski definition) is 4. The van der Waals surface area contributed by atoms with Gasteiger partial charge in [0.15, 0.2) is 0 Å². The molecule has 0 bridgehead atoms. The standard InChI is InChI=1S/C15H23FN2O3/c1-9-6-13(20-5)10(7-11(9)16)12(17)8-18-14(19)21-15(2,3)4/h6-7,12H,8,17H2,1-5H3,(H,18,19). The van der Waals surface area contributed by atoms with Gasteiger partial charge in [-0.1, -0.05) is 0 Å². The minimum absolute atomic E-state index is 0.119. The molecular formula is C15H23FN2O3. The number of halogens is 1. The number of nitrogens with two attached hydrogens (primary N) is 1. The fourth-order valence-corrected chi connectivity index (χ4v) is 1.75. The molecule has 3 N–H and O–H groups in total. The fourth-order valence-electron chi connectivity index (χ4n) is 1.75. The van der Waals surface area contributed by atoms with Crippen molar-refractivity contribution in [3.63, 3.8) is 0 Å². The minimum Gasteiger partial charge on any atom is -0.496 e. The Kier molecular flexibility index (Phi) is 5.54. The van der Waals surface area contributed by atoms with Crippen LogP contribution in [0.4, 0.5) is 9.18 Å². The Morgan fingerprint density at radius 3 is 2.57 bits per heavy atom. The Bertz CT molecular complexity index is 512. The Hall–Kier alpha value is -1.82. The zero-order chi connectivity index (χ0) is 16.2. The Morgan fingerprint density at radius 1 is 1.43 bits per heavy atom. The highest BCUT2D eigenvalue weighted by atomic mass is 19.1. The van der Waals surface area contributed by atoms with Crippen molar-refractivity contribution in [2.45, 2.75) is 39.3 Å². The van der Waals surface area contributed by atoms with Crippen molar-refractivity contribution < 1.29 is 18.7 Å². The summed E-state index contributed by atoms with van der Waals surface area (Å²) in [4.78, 5) is 11.6. The van der Waals surface area contributed by atoms with E-state index in [9.17, 15) is 9.18 Å². The number of aryl methyl sites for hydroxylation is 1. The molecule has 0 heterocycles. The van der Waals surface area contributed by atoms with E-state index in [2.05, 4.69) is 5.32 Å². The Morgan fingerprint density at radius 2 is 2.05 bits per heavy atom. The number of rotatable bonds is 4. The summed E-state index contributed by atoms with van der Waals surface area (Å²) in [5.74, 6) is 0.130. The predicted molar refractivity (Wildman–Crippen MR) is 78.9 cm³/mol. The smallest absolute Gasteiger partial charge is 0.407 e. The first-order valence-electron chi connectivity index (χ1n) is 6.70. The third-order valence-electron chi connectivity index (χ3n) is 2.78. The molecular weight excluding hydrogens is 275 g/mol. The van der Waals surface area contributed by atoms with Crippen LogP contribution in [0.15, 0.2) is 12.1 Å². The number of nitrogens with one attached hydrogen (secondary N) is 1. The third kappa shape index (κ3) is 5.23. The highest BCUT2D eigenvalue weighted by Crippen LogP contribution is 2.26. The molecule has 0 saturated heterocycles. The maximum absolute atomic E-state index is 13.7. The van der Waals surface area contributed by atoms with E-state index < -0.39 is 17.7 Å². The first-order valence-corrected chi connectivity index (χ1v) is 6.70. The van der Waals surface area contributed by atoms with Crippen LogP contribution in [0.25, 0.3) is 0 Å². The second kappa shape index (κ2) is 6.76. The van der Waals surface area contributed by atoms with Crippen LogP contribution in [0.1, 0.15) is 37.9 Å². The third-order valence-corrected chi connectivity index (χ3v) is 2.78. The predicted octanol–water partition coefficient (Wildman–Crippen LogP) is 2.67. The number of methoxy groups -OCH3 is 1. The van der Waals surface area contributed by atoms with Gasteiger partial charge in [0.2, 0.25) is 0 Å². The Balaban J connectivity index is 2.74. The first kappa shape index (κ1) is 17.2. The van der Waals surface area contributed by atoms with Crippen molar-refractivity contribution in [2.75, 3.05) is 13.7 Å². The van der Waals surface area contributed by atoms with Crippen LogP contribution in [0.5, 0.6) is 5.75 Å². The zero-order valence-corrected chi connectivity index (χ0v) is 13.1. The van der Waals surface area contributed by atoms with Gasteiger partial charge in [0.05, 0.1) is 13.2 Å². The van der Waals surface area contributed by atoms with Gasteiger partial charge in [-0.3, -0.25) is 0 Å². The van der Waals surface area contributed by atoms with Gasteiger partial charge in [0, 0.05) is 12.1 Å². The summed E-state index contributed by atoms with van der Waals surface area (Å²) in [7, 11) is 1.49. The SMILES string of the molecule is COc1cc(C)c(F)cc1C(N)CNC(=O)OC(C)(C)C. The van der Waals surface area contributed by atoms with Gasteiger partial charge in [0.25, 0.3) is 0 Å². The fraction of sp³-hybridized carbons (Fsp3) is 0.533. The first-order chi connectivity index (χ1) is 9.64. The summed E-state index contributed by atoms with van der Waals surface area (Å²) in [6.45, 7) is 7.07. The lowest BCUT2D eigenvalue weighted by molar-refractivity contribution is 0.0524. The zero-order valence-electron chi connectivity index (χ0n) is 13.1. The van der Waals surface area contributed by atoms with E-state index >= 15 is 0 Å². The van der Waals surface area contributed by atoms with Gasteiger partial charge < -0.3 is 20.5 Å². The molecule has 0 spiro atoms. The van der Waals surface area contributed by atoms with Crippen molar-refractivity contribution in [2.24, 2.45) is 5.73 Å². The van der Waals surface area contributed by atoms with E-state index in [0.717, 1.165) is 0 Å². The molecule has 0 aliphatic carbocycles. The molecule has 1 aromatic rings. The average Bonchev–Trinajstić information content (AvgIpc) is 2.36. The summed E-state index contributed by atoms with van der Waals surface area (Å²) in [5.41, 5.74) is 6.38. The van der Waals surface area contributed by atoms with Crippen LogP contribution in [0.2, 0.25) is 0 Å². The number of benzene rings is 1. The van der Waals surface area contributed by atoms with E-state index in [-0.39, 0.29) is 12.4 Å². The number of carbonyl (C=O) groups excluding carboxylic acids is 1. The van der Waals surface area contributed by atoms with Gasteiger partial charge >= 0.3 is 6.09 Å². The molecule has 0 aliphatic heterocycles. The molecule has 0 aromatic heterocycles. The monoisotopic (exact) mass is 298 g/mol. The highest BCUT2D eigenvalue weighted by molar-refractivity contribution is 5.67. The number of ether oxygens (including phenoxy) is 2. The number of carbonyl (C=O) groups is 1. The largest absolute Gasteiger partial charge is 0.496 e. The molecule has 5 nitrogen and oxygen atoms in total. The summed E-state index contributed by atoms with van der Waals surface area (Å²) in [5, 5.41) is 2.56. The number of amides is 1. The van der Waals surface area contributed by atoms with Crippen LogP contribution in [0, 0.1) is 12.7 Å². The van der Waals surface area contributed by atoms with Gasteiger partial charge in [-0.05, 0) is 45.4 Å². The molecule has 1 amide bonds. The van der Waals surface area contributed by atoms with Gasteiger partial charge in [-0.25, -0.2) is 9.18 Å². The molecule has 1 atom stereocenters. The molecule has 21 heavy (non-hydrogen) atoms. The normalized spacial score (nSPS) is 12.7. The van der Waals surface area contributed by atoms with Gasteiger partial charge in [-0.15, -0.1) is 0 Å². The molecule has 6 heteroatoms. The molecule has 118 valence electrons. The molecule has 0 radical (unpaired) electrons. The quantitative estimate of drug-likeness (QED) is 0.896. The summed E-state index contributed by atoms with van der Waals surface area (Å²) in [6, 6.07) is 2.32. The summed E-state index contributed by atoms with van der Waals surface area (Å²) >= 11 is 0. The summed E-state index contributed by atoms with van der Waals surface area (Å²) in [6.07, 6.45) is -0.565. The van der Waals surface area contributed by atoms with Crippen LogP contribution in [0.3, 0.4) is 0 Å². The number of alkyl carbamates (subject to hydrolysis) is 1. The molecule has 1 unspecified atom stereocenters.